The third-order valence-electron chi connectivity index (χ3n) is 2.53. The number of amides is 2. The minimum atomic E-state index is -4.46. The van der Waals surface area contributed by atoms with Gasteiger partial charge in [0.15, 0.2) is 0 Å². The molecule has 0 radical (unpaired) electrons. The normalized spacial score (nSPS) is 19.4. The Morgan fingerprint density at radius 2 is 1.94 bits per heavy atom. The van der Waals surface area contributed by atoms with E-state index in [9.17, 15) is 22.8 Å². The highest BCUT2D eigenvalue weighted by molar-refractivity contribution is 7.80. The highest BCUT2D eigenvalue weighted by atomic mass is 32.1. The quantitative estimate of drug-likeness (QED) is 0.656. The summed E-state index contributed by atoms with van der Waals surface area (Å²) >= 11 is 3.82. The molecule has 1 aliphatic rings. The molecule has 0 bridgehead atoms. The van der Waals surface area contributed by atoms with Gasteiger partial charge < -0.3 is 10.6 Å². The van der Waals surface area contributed by atoms with Gasteiger partial charge in [0.05, 0.1) is 0 Å². The molecule has 0 aromatic carbocycles. The van der Waals surface area contributed by atoms with Gasteiger partial charge >= 0.3 is 6.18 Å². The average Bonchev–Trinajstić information content (AvgIpc) is 2.93. The van der Waals surface area contributed by atoms with Crippen molar-refractivity contribution in [1.82, 2.24) is 10.6 Å². The van der Waals surface area contributed by atoms with E-state index >= 15 is 0 Å². The molecule has 2 N–H and O–H groups in total. The first kappa shape index (κ1) is 14.1. The summed E-state index contributed by atoms with van der Waals surface area (Å²) in [6.45, 7) is 1.18. The number of halogens is 3. The number of carbonyl (C=O) groups is 2. The third-order valence-corrected chi connectivity index (χ3v) is 2.90. The highest BCUT2D eigenvalue weighted by Crippen LogP contribution is 2.48. The van der Waals surface area contributed by atoms with Gasteiger partial charge in [0.25, 0.3) is 0 Å². The third kappa shape index (κ3) is 3.27. The van der Waals surface area contributed by atoms with Crippen LogP contribution < -0.4 is 10.6 Å². The molecule has 2 amide bonds. The largest absolute Gasteiger partial charge is 0.411 e. The molecule has 0 saturated heterocycles. The van der Waals surface area contributed by atoms with Crippen molar-refractivity contribution in [1.29, 1.82) is 0 Å². The summed E-state index contributed by atoms with van der Waals surface area (Å²) in [4.78, 5) is 22.3. The zero-order valence-corrected chi connectivity index (χ0v) is 9.99. The van der Waals surface area contributed by atoms with Crippen LogP contribution in [0, 0.1) is 0 Å². The standard InChI is InChI=1S/C9H13F3N2O2S/c1-5(15)13-6(4-17)7(16)14-8(2-3-8)9(10,11)12/h6,17H,2-4H2,1H3,(H,13,15)(H,14,16). The van der Waals surface area contributed by atoms with Crippen LogP contribution in [0.15, 0.2) is 0 Å². The fourth-order valence-electron chi connectivity index (χ4n) is 1.37. The Labute approximate surface area is 102 Å². The molecule has 8 heteroatoms. The lowest BCUT2D eigenvalue weighted by atomic mass is 10.2. The second-order valence-electron chi connectivity index (χ2n) is 4.00. The van der Waals surface area contributed by atoms with Crippen molar-refractivity contribution in [2.45, 2.75) is 37.5 Å². The molecule has 1 aliphatic carbocycles. The van der Waals surface area contributed by atoms with Crippen LogP contribution in [0.3, 0.4) is 0 Å². The second kappa shape index (κ2) is 4.75. The molecule has 0 aliphatic heterocycles. The van der Waals surface area contributed by atoms with Crippen LogP contribution in [0.1, 0.15) is 19.8 Å². The number of hydrogen-bond acceptors (Lipinski definition) is 3. The van der Waals surface area contributed by atoms with Crippen LogP contribution >= 0.6 is 12.6 Å². The van der Waals surface area contributed by atoms with Gasteiger partial charge in [-0.3, -0.25) is 9.59 Å². The van der Waals surface area contributed by atoms with Crippen molar-refractivity contribution in [3.05, 3.63) is 0 Å². The summed E-state index contributed by atoms with van der Waals surface area (Å²) in [6, 6.07) is -1.05. The van der Waals surface area contributed by atoms with Gasteiger partial charge in [-0.2, -0.15) is 25.8 Å². The lowest BCUT2D eigenvalue weighted by Gasteiger charge is -2.23. The number of thiol groups is 1. The molecule has 0 spiro atoms. The predicted molar refractivity (Wildman–Crippen MR) is 57.6 cm³/mol. The predicted octanol–water partition coefficient (Wildman–Crippen LogP) is 0.632. The molecule has 1 rings (SSSR count). The number of hydrogen-bond donors (Lipinski definition) is 3. The van der Waals surface area contributed by atoms with Gasteiger partial charge in [0.1, 0.15) is 11.6 Å². The summed E-state index contributed by atoms with van der Waals surface area (Å²) in [7, 11) is 0. The first-order chi connectivity index (χ1) is 7.72. The van der Waals surface area contributed by atoms with E-state index in [-0.39, 0.29) is 18.6 Å². The fraction of sp³-hybridized carbons (Fsp3) is 0.778. The maximum absolute atomic E-state index is 12.6. The number of rotatable bonds is 4. The minimum Gasteiger partial charge on any atom is -0.344 e. The van der Waals surface area contributed by atoms with E-state index in [1.54, 1.807) is 0 Å². The van der Waals surface area contributed by atoms with Crippen LogP contribution in [-0.4, -0.2) is 35.3 Å². The second-order valence-corrected chi connectivity index (χ2v) is 4.37. The van der Waals surface area contributed by atoms with Crippen LogP contribution in [-0.2, 0) is 9.59 Å². The lowest BCUT2D eigenvalue weighted by Crippen LogP contribution is -2.55. The zero-order valence-electron chi connectivity index (χ0n) is 9.10. The number of nitrogens with one attached hydrogen (secondary N) is 2. The summed E-state index contributed by atoms with van der Waals surface area (Å²) in [5, 5.41) is 4.17. The van der Waals surface area contributed by atoms with Crippen molar-refractivity contribution in [3.63, 3.8) is 0 Å². The van der Waals surface area contributed by atoms with Crippen molar-refractivity contribution in [2.24, 2.45) is 0 Å². The van der Waals surface area contributed by atoms with Crippen LogP contribution in [0.5, 0.6) is 0 Å². The molecule has 1 fully saturated rings. The molecule has 17 heavy (non-hydrogen) atoms. The monoisotopic (exact) mass is 270 g/mol. The van der Waals surface area contributed by atoms with Crippen LogP contribution in [0.25, 0.3) is 0 Å². The maximum Gasteiger partial charge on any atom is 0.411 e. The highest BCUT2D eigenvalue weighted by Gasteiger charge is 2.64. The summed E-state index contributed by atoms with van der Waals surface area (Å²) in [5.41, 5.74) is -2.11. The van der Waals surface area contributed by atoms with Gasteiger partial charge in [0.2, 0.25) is 11.8 Å². The Kier molecular flexibility index (Phi) is 3.95. The van der Waals surface area contributed by atoms with E-state index in [1.807, 2.05) is 5.32 Å². The Morgan fingerprint density at radius 3 is 2.24 bits per heavy atom. The molecule has 0 aromatic rings. The topological polar surface area (TPSA) is 58.2 Å². The fourth-order valence-corrected chi connectivity index (χ4v) is 1.62. The minimum absolute atomic E-state index is 0.0562. The van der Waals surface area contributed by atoms with E-state index in [0.29, 0.717) is 0 Å². The Bertz CT molecular complexity index is 329. The zero-order chi connectivity index (χ0) is 13.3. The van der Waals surface area contributed by atoms with Crippen LogP contribution in [0.4, 0.5) is 13.2 Å². The summed E-state index contributed by atoms with van der Waals surface area (Å²) < 4.78 is 37.7. The lowest BCUT2D eigenvalue weighted by molar-refractivity contribution is -0.170. The molecule has 1 atom stereocenters. The molecule has 0 heterocycles. The first-order valence-corrected chi connectivity index (χ1v) is 5.62. The maximum atomic E-state index is 12.6. The Balaban J connectivity index is 2.62. The number of carbonyl (C=O) groups excluding carboxylic acids is 2. The van der Waals surface area contributed by atoms with Crippen molar-refractivity contribution < 1.29 is 22.8 Å². The van der Waals surface area contributed by atoms with Gasteiger partial charge in [-0.25, -0.2) is 0 Å². The SMILES string of the molecule is CC(=O)NC(CS)C(=O)NC1(C(F)(F)F)CC1. The van der Waals surface area contributed by atoms with E-state index in [0.717, 1.165) is 0 Å². The van der Waals surface area contributed by atoms with E-state index in [1.165, 1.54) is 6.92 Å². The Hall–Kier alpha value is -0.920. The van der Waals surface area contributed by atoms with Crippen molar-refractivity contribution >= 4 is 24.4 Å². The van der Waals surface area contributed by atoms with Crippen molar-refractivity contribution in [3.8, 4) is 0 Å². The van der Waals surface area contributed by atoms with Gasteiger partial charge in [-0.05, 0) is 12.8 Å². The molecule has 1 saturated carbocycles. The van der Waals surface area contributed by atoms with Crippen LogP contribution in [0.2, 0.25) is 0 Å². The molecular formula is C9H13F3N2O2S. The molecule has 4 nitrogen and oxygen atoms in total. The van der Waals surface area contributed by atoms with E-state index < -0.39 is 29.6 Å². The average molecular weight is 270 g/mol. The van der Waals surface area contributed by atoms with E-state index in [4.69, 9.17) is 0 Å². The summed E-state index contributed by atoms with van der Waals surface area (Å²) in [6.07, 6.45) is -4.71. The van der Waals surface area contributed by atoms with Gasteiger partial charge in [0, 0.05) is 12.7 Å². The molecule has 98 valence electrons. The molecule has 0 aromatic heterocycles. The molecule has 1 unspecified atom stereocenters. The Morgan fingerprint density at radius 1 is 1.41 bits per heavy atom. The first-order valence-electron chi connectivity index (χ1n) is 4.98. The smallest absolute Gasteiger partial charge is 0.344 e. The number of alkyl halides is 3. The van der Waals surface area contributed by atoms with Gasteiger partial charge in [-0.1, -0.05) is 0 Å². The van der Waals surface area contributed by atoms with E-state index in [2.05, 4.69) is 17.9 Å². The molecular weight excluding hydrogens is 257 g/mol. The van der Waals surface area contributed by atoms with Gasteiger partial charge in [-0.15, -0.1) is 0 Å². The van der Waals surface area contributed by atoms with Crippen molar-refractivity contribution in [2.75, 3.05) is 5.75 Å². The summed E-state index contributed by atoms with van der Waals surface area (Å²) in [5.74, 6) is -1.40.